The Morgan fingerprint density at radius 2 is 2.03 bits per heavy atom. The monoisotopic (exact) mass is 476 g/mol. The van der Waals surface area contributed by atoms with Gasteiger partial charge in [-0.2, -0.15) is 13.2 Å². The summed E-state index contributed by atoms with van der Waals surface area (Å²) < 4.78 is 39.7. The fraction of sp³-hybridized carbons (Fsp3) is 0.364. The molecule has 0 aromatic carbocycles. The number of carbonyl (C=O) groups is 2. The van der Waals surface area contributed by atoms with Crippen LogP contribution >= 0.6 is 0 Å². The number of nitrogens with one attached hydrogen (secondary N) is 2. The Morgan fingerprint density at radius 3 is 2.65 bits per heavy atom. The minimum atomic E-state index is -4.68. The molecule has 1 atom stereocenters. The zero-order valence-electron chi connectivity index (χ0n) is 18.5. The first kappa shape index (κ1) is 23.5. The van der Waals surface area contributed by atoms with Crippen molar-refractivity contribution in [2.75, 3.05) is 36.9 Å². The summed E-state index contributed by atoms with van der Waals surface area (Å²) in [4.78, 5) is 36.1. The topological polar surface area (TPSA) is 111 Å². The molecule has 0 spiro atoms. The normalized spacial score (nSPS) is 18.5. The Labute approximate surface area is 193 Å². The molecule has 1 unspecified atom stereocenters. The van der Waals surface area contributed by atoms with E-state index < -0.39 is 18.0 Å². The van der Waals surface area contributed by atoms with Crippen LogP contribution in [0.15, 0.2) is 36.2 Å². The van der Waals surface area contributed by atoms with Crippen LogP contribution in [-0.2, 0) is 11.3 Å². The second-order valence-electron chi connectivity index (χ2n) is 8.04. The lowest BCUT2D eigenvalue weighted by atomic mass is 9.98. The molecule has 2 aromatic rings. The molecule has 4 rings (SSSR count). The van der Waals surface area contributed by atoms with E-state index in [2.05, 4.69) is 20.6 Å². The smallest absolute Gasteiger partial charge is 0.369 e. The van der Waals surface area contributed by atoms with Gasteiger partial charge in [0.25, 0.3) is 5.91 Å². The van der Waals surface area contributed by atoms with Crippen molar-refractivity contribution in [1.29, 1.82) is 0 Å². The minimum Gasteiger partial charge on any atom is -0.369 e. The van der Waals surface area contributed by atoms with E-state index in [0.29, 0.717) is 18.7 Å². The maximum atomic E-state index is 13.2. The van der Waals surface area contributed by atoms with Gasteiger partial charge in [-0.05, 0) is 36.3 Å². The van der Waals surface area contributed by atoms with E-state index in [9.17, 15) is 27.9 Å². The van der Waals surface area contributed by atoms with Gasteiger partial charge in [0.05, 0.1) is 35.4 Å². The molecule has 2 amide bonds. The lowest BCUT2D eigenvalue weighted by molar-refractivity contribution is -0.131. The minimum absolute atomic E-state index is 0.116. The summed E-state index contributed by atoms with van der Waals surface area (Å²) in [6.45, 7) is 2.58. The van der Waals surface area contributed by atoms with E-state index in [1.54, 1.807) is 29.3 Å². The van der Waals surface area contributed by atoms with E-state index in [1.165, 1.54) is 20.2 Å². The summed E-state index contributed by atoms with van der Waals surface area (Å²) in [6, 6.07) is 4.92. The van der Waals surface area contributed by atoms with Gasteiger partial charge >= 0.3 is 6.18 Å². The van der Waals surface area contributed by atoms with E-state index >= 15 is 0 Å². The zero-order valence-corrected chi connectivity index (χ0v) is 18.5. The number of hydrogen-bond donors (Lipinski definition) is 3. The first-order valence-electron chi connectivity index (χ1n) is 10.5. The van der Waals surface area contributed by atoms with E-state index in [4.69, 9.17) is 0 Å². The first-order chi connectivity index (χ1) is 16.1. The van der Waals surface area contributed by atoms with Gasteiger partial charge in [-0.3, -0.25) is 14.6 Å². The zero-order chi connectivity index (χ0) is 24.6. The Balaban J connectivity index is 1.44. The fourth-order valence-electron chi connectivity index (χ4n) is 4.08. The number of aliphatic hydroxyl groups is 1. The summed E-state index contributed by atoms with van der Waals surface area (Å²) in [5.41, 5.74) is 0.818. The van der Waals surface area contributed by atoms with E-state index in [-0.39, 0.29) is 47.6 Å². The predicted molar refractivity (Wildman–Crippen MR) is 118 cm³/mol. The van der Waals surface area contributed by atoms with Crippen LogP contribution in [0.4, 0.5) is 24.5 Å². The van der Waals surface area contributed by atoms with Gasteiger partial charge in [0.2, 0.25) is 5.91 Å². The van der Waals surface area contributed by atoms with Gasteiger partial charge in [-0.1, -0.05) is 0 Å². The number of fused-ring (bicyclic) bond motifs is 1. The maximum Gasteiger partial charge on any atom is 0.417 e. The number of nitrogens with zero attached hydrogens (tertiary/aromatic N) is 4. The molecular weight excluding hydrogens is 453 g/mol. The molecule has 2 aliphatic heterocycles. The van der Waals surface area contributed by atoms with Crippen molar-refractivity contribution in [3.63, 3.8) is 0 Å². The highest BCUT2D eigenvalue weighted by Gasteiger charge is 2.43. The second kappa shape index (κ2) is 8.93. The van der Waals surface area contributed by atoms with Crippen molar-refractivity contribution >= 4 is 28.8 Å². The molecular formula is C22H23F3N6O3. The number of carbonyl (C=O) groups excluding carboxylic acids is 2. The van der Waals surface area contributed by atoms with Crippen molar-refractivity contribution in [1.82, 2.24) is 20.2 Å². The van der Waals surface area contributed by atoms with Crippen molar-refractivity contribution in [2.24, 2.45) is 0 Å². The average molecular weight is 476 g/mol. The molecule has 0 aliphatic carbocycles. The molecule has 12 heteroatoms. The van der Waals surface area contributed by atoms with Crippen molar-refractivity contribution in [3.8, 4) is 0 Å². The van der Waals surface area contributed by atoms with Gasteiger partial charge in [0, 0.05) is 32.9 Å². The summed E-state index contributed by atoms with van der Waals surface area (Å²) in [7, 11) is 1.52. The number of halogens is 3. The molecule has 2 aliphatic rings. The Morgan fingerprint density at radius 1 is 1.26 bits per heavy atom. The Bertz CT molecular complexity index is 1150. The third-order valence-corrected chi connectivity index (χ3v) is 5.84. The molecule has 0 radical (unpaired) electrons. The fourth-order valence-corrected chi connectivity index (χ4v) is 4.08. The third-order valence-electron chi connectivity index (χ3n) is 5.84. The van der Waals surface area contributed by atoms with Crippen LogP contribution in [0, 0.1) is 0 Å². The average Bonchev–Trinajstić information content (AvgIpc) is 2.79. The maximum absolute atomic E-state index is 13.2. The molecule has 0 bridgehead atoms. The van der Waals surface area contributed by atoms with Crippen LogP contribution in [0.5, 0.6) is 0 Å². The van der Waals surface area contributed by atoms with Crippen molar-refractivity contribution in [3.05, 3.63) is 53.1 Å². The standard InChI is InChI=1S/C22H23F3N6O3/c1-12-18(22(23,24)25)21(34)29-16-7-13(8-28-19(12)16)10-31-6-5-30(11-17(31)32)14-3-4-15(27-9-14)20(33)26-2/h3-4,7-9,21,29,34H,5-6,10-11H2,1-2H3,(H,26,33). The molecule has 1 saturated heterocycles. The molecule has 3 N–H and O–H groups in total. The van der Waals surface area contributed by atoms with Crippen LogP contribution in [0.1, 0.15) is 28.7 Å². The molecule has 1 fully saturated rings. The SMILES string of the molecule is CNC(=O)c1ccc(N2CCN(Cc3cnc4c(c3)NC(O)C(C(F)(F)F)=C4C)C(=O)C2)cn1. The van der Waals surface area contributed by atoms with Crippen molar-refractivity contribution < 1.29 is 27.9 Å². The van der Waals surface area contributed by atoms with Gasteiger partial charge in [-0.15, -0.1) is 0 Å². The van der Waals surface area contributed by atoms with E-state index in [1.807, 2.05) is 4.90 Å². The molecule has 180 valence electrons. The lowest BCUT2D eigenvalue weighted by Crippen LogP contribution is -2.50. The van der Waals surface area contributed by atoms with Gasteiger partial charge in [0.15, 0.2) is 6.23 Å². The first-order valence-corrected chi connectivity index (χ1v) is 10.5. The molecule has 4 heterocycles. The van der Waals surface area contributed by atoms with Gasteiger partial charge < -0.3 is 25.5 Å². The number of aromatic nitrogens is 2. The summed E-state index contributed by atoms with van der Waals surface area (Å²) in [5, 5.41) is 14.9. The number of hydrogen-bond acceptors (Lipinski definition) is 7. The van der Waals surface area contributed by atoms with Crippen LogP contribution in [0.2, 0.25) is 0 Å². The lowest BCUT2D eigenvalue weighted by Gasteiger charge is -2.35. The predicted octanol–water partition coefficient (Wildman–Crippen LogP) is 1.76. The van der Waals surface area contributed by atoms with Crippen LogP contribution in [0.25, 0.3) is 5.57 Å². The Kier molecular flexibility index (Phi) is 6.17. The number of anilines is 2. The van der Waals surface area contributed by atoms with Crippen molar-refractivity contribution in [2.45, 2.75) is 25.9 Å². The number of aliphatic hydroxyl groups excluding tert-OH is 1. The Hall–Kier alpha value is -3.67. The summed E-state index contributed by atoms with van der Waals surface area (Å²) >= 11 is 0. The van der Waals surface area contributed by atoms with Gasteiger partial charge in [-0.25, -0.2) is 4.98 Å². The van der Waals surface area contributed by atoms with Crippen LogP contribution in [-0.4, -0.2) is 70.9 Å². The molecule has 2 aromatic heterocycles. The van der Waals surface area contributed by atoms with Gasteiger partial charge in [0.1, 0.15) is 5.69 Å². The molecule has 9 nitrogen and oxygen atoms in total. The largest absolute Gasteiger partial charge is 0.417 e. The third kappa shape index (κ3) is 4.53. The number of piperazine rings is 1. The molecule has 34 heavy (non-hydrogen) atoms. The summed E-state index contributed by atoms with van der Waals surface area (Å²) in [6.07, 6.45) is -3.59. The second-order valence-corrected chi connectivity index (χ2v) is 8.04. The number of allylic oxidation sites excluding steroid dienone is 1. The highest BCUT2D eigenvalue weighted by molar-refractivity contribution is 5.92. The van der Waals surface area contributed by atoms with Crippen LogP contribution in [0.3, 0.4) is 0 Å². The number of rotatable bonds is 4. The number of amides is 2. The quantitative estimate of drug-likeness (QED) is 0.617. The highest BCUT2D eigenvalue weighted by atomic mass is 19.4. The van der Waals surface area contributed by atoms with Crippen LogP contribution < -0.4 is 15.5 Å². The number of alkyl halides is 3. The number of pyridine rings is 2. The van der Waals surface area contributed by atoms with E-state index in [0.717, 1.165) is 5.69 Å². The summed E-state index contributed by atoms with van der Waals surface area (Å²) in [5.74, 6) is -0.434. The highest BCUT2D eigenvalue weighted by Crippen LogP contribution is 2.40. The molecule has 0 saturated carbocycles.